The standard InChI is InChI=1S/C26H22F3N3O4/c27-26(28,29)20-8-6-17(7-9-20)19-14-22(30-24(33)18-4-2-1-3-5-18)16-32(15-19)25(34)36-23-12-10-21(31-35)11-13-23/h1-13,19,22H,14-16H2,(H,30,33). The number of carbonyl (C=O) groups is 2. The first-order chi connectivity index (χ1) is 17.2. The third-order valence-corrected chi connectivity index (χ3v) is 5.94. The van der Waals surface area contributed by atoms with E-state index in [-0.39, 0.29) is 36.4 Å². The van der Waals surface area contributed by atoms with Crippen LogP contribution < -0.4 is 10.1 Å². The van der Waals surface area contributed by atoms with E-state index in [1.807, 2.05) is 0 Å². The maximum Gasteiger partial charge on any atom is 0.416 e. The second-order valence-electron chi connectivity index (χ2n) is 8.45. The van der Waals surface area contributed by atoms with E-state index < -0.39 is 23.9 Å². The number of rotatable bonds is 5. The molecule has 2 amide bonds. The van der Waals surface area contributed by atoms with Gasteiger partial charge in [0.15, 0.2) is 0 Å². The number of alkyl halides is 3. The van der Waals surface area contributed by atoms with Crippen LogP contribution in [0.15, 0.2) is 84.0 Å². The molecule has 1 N–H and O–H groups in total. The summed E-state index contributed by atoms with van der Waals surface area (Å²) in [5, 5.41) is 5.72. The smallest absolute Gasteiger partial charge is 0.410 e. The molecular formula is C26H22F3N3O4. The third kappa shape index (κ3) is 6.07. The number of benzene rings is 3. The van der Waals surface area contributed by atoms with Gasteiger partial charge < -0.3 is 15.0 Å². The summed E-state index contributed by atoms with van der Waals surface area (Å²) in [5.41, 5.74) is 0.479. The van der Waals surface area contributed by atoms with Crippen molar-refractivity contribution in [1.29, 1.82) is 0 Å². The van der Waals surface area contributed by atoms with Gasteiger partial charge in [0.1, 0.15) is 11.4 Å². The summed E-state index contributed by atoms with van der Waals surface area (Å²) in [6.07, 6.45) is -4.72. The predicted octanol–water partition coefficient (Wildman–Crippen LogP) is 5.89. The van der Waals surface area contributed by atoms with Crippen molar-refractivity contribution in [2.75, 3.05) is 13.1 Å². The molecule has 2 unspecified atom stereocenters. The minimum absolute atomic E-state index is 0.155. The van der Waals surface area contributed by atoms with Crippen molar-refractivity contribution in [3.63, 3.8) is 0 Å². The summed E-state index contributed by atoms with van der Waals surface area (Å²) >= 11 is 0. The first kappa shape index (κ1) is 24.9. The molecule has 3 aromatic carbocycles. The van der Waals surface area contributed by atoms with Gasteiger partial charge in [-0.25, -0.2) is 4.79 Å². The Balaban J connectivity index is 1.53. The zero-order chi connectivity index (χ0) is 25.7. The molecule has 36 heavy (non-hydrogen) atoms. The van der Waals surface area contributed by atoms with E-state index in [0.717, 1.165) is 12.1 Å². The van der Waals surface area contributed by atoms with E-state index >= 15 is 0 Å². The molecule has 1 heterocycles. The summed E-state index contributed by atoms with van der Waals surface area (Å²) in [4.78, 5) is 37.7. The quantitative estimate of drug-likeness (QED) is 0.445. The molecule has 0 aromatic heterocycles. The first-order valence-corrected chi connectivity index (χ1v) is 11.2. The highest BCUT2D eigenvalue weighted by atomic mass is 19.4. The van der Waals surface area contributed by atoms with E-state index in [2.05, 4.69) is 10.5 Å². The molecule has 0 radical (unpaired) electrons. The molecule has 1 saturated heterocycles. The van der Waals surface area contributed by atoms with Crippen LogP contribution in [0, 0.1) is 4.91 Å². The highest BCUT2D eigenvalue weighted by molar-refractivity contribution is 5.94. The van der Waals surface area contributed by atoms with Crippen LogP contribution in [-0.2, 0) is 6.18 Å². The van der Waals surface area contributed by atoms with E-state index in [9.17, 15) is 27.7 Å². The van der Waals surface area contributed by atoms with Crippen LogP contribution in [0.4, 0.5) is 23.7 Å². The number of amides is 2. The molecule has 3 aromatic rings. The third-order valence-electron chi connectivity index (χ3n) is 5.94. The number of halogens is 3. The Labute approximate surface area is 204 Å². The minimum Gasteiger partial charge on any atom is -0.410 e. The Kier molecular flexibility index (Phi) is 7.33. The summed E-state index contributed by atoms with van der Waals surface area (Å²) in [7, 11) is 0. The maximum absolute atomic E-state index is 13.0. The van der Waals surface area contributed by atoms with Crippen LogP contribution in [0.5, 0.6) is 5.75 Å². The van der Waals surface area contributed by atoms with Gasteiger partial charge in [0.2, 0.25) is 0 Å². The van der Waals surface area contributed by atoms with Gasteiger partial charge in [0.05, 0.1) is 5.56 Å². The molecule has 2 atom stereocenters. The average Bonchev–Trinajstić information content (AvgIpc) is 2.89. The van der Waals surface area contributed by atoms with E-state index in [4.69, 9.17) is 4.74 Å². The number of carbonyl (C=O) groups excluding carboxylic acids is 2. The Morgan fingerprint density at radius 1 is 0.917 bits per heavy atom. The fourth-order valence-corrected chi connectivity index (χ4v) is 4.14. The maximum atomic E-state index is 13.0. The summed E-state index contributed by atoms with van der Waals surface area (Å²) in [6.45, 7) is 0.346. The number of piperidine rings is 1. The van der Waals surface area contributed by atoms with Gasteiger partial charge in [0.25, 0.3) is 5.91 Å². The molecule has 1 aliphatic heterocycles. The average molecular weight is 497 g/mol. The zero-order valence-electron chi connectivity index (χ0n) is 18.9. The van der Waals surface area contributed by atoms with Crippen molar-refractivity contribution in [3.05, 3.63) is 100 Å². The van der Waals surface area contributed by atoms with Gasteiger partial charge in [-0.3, -0.25) is 4.79 Å². The Hall–Kier alpha value is -4.21. The van der Waals surface area contributed by atoms with Crippen LogP contribution in [0.3, 0.4) is 0 Å². The SMILES string of the molecule is O=Nc1ccc(OC(=O)N2CC(NC(=O)c3ccccc3)CC(c3ccc(C(F)(F)F)cc3)C2)cc1. The van der Waals surface area contributed by atoms with Crippen LogP contribution in [0.25, 0.3) is 0 Å². The number of likely N-dealkylation sites (tertiary alicyclic amines) is 1. The molecule has 7 nitrogen and oxygen atoms in total. The van der Waals surface area contributed by atoms with Crippen LogP contribution >= 0.6 is 0 Å². The lowest BCUT2D eigenvalue weighted by Gasteiger charge is -2.37. The molecule has 0 saturated carbocycles. The molecule has 0 bridgehead atoms. The second kappa shape index (κ2) is 10.6. The van der Waals surface area contributed by atoms with E-state index in [1.54, 1.807) is 30.3 Å². The van der Waals surface area contributed by atoms with Crippen molar-refractivity contribution in [1.82, 2.24) is 10.2 Å². The molecule has 1 fully saturated rings. The Morgan fingerprint density at radius 2 is 1.58 bits per heavy atom. The number of nitrogens with zero attached hydrogens (tertiary/aromatic N) is 2. The number of hydrogen-bond donors (Lipinski definition) is 1. The van der Waals surface area contributed by atoms with Crippen molar-refractivity contribution in [2.45, 2.75) is 24.6 Å². The number of hydrogen-bond acceptors (Lipinski definition) is 5. The van der Waals surface area contributed by atoms with Crippen molar-refractivity contribution in [3.8, 4) is 5.75 Å². The Bertz CT molecular complexity index is 1220. The largest absolute Gasteiger partial charge is 0.416 e. The lowest BCUT2D eigenvalue weighted by Crippen LogP contribution is -2.52. The van der Waals surface area contributed by atoms with Gasteiger partial charge in [-0.2, -0.15) is 13.2 Å². The molecular weight excluding hydrogens is 475 g/mol. The fourth-order valence-electron chi connectivity index (χ4n) is 4.14. The first-order valence-electron chi connectivity index (χ1n) is 11.2. The van der Waals surface area contributed by atoms with Crippen LogP contribution in [0.1, 0.15) is 33.8 Å². The van der Waals surface area contributed by atoms with Crippen LogP contribution in [-0.4, -0.2) is 36.0 Å². The van der Waals surface area contributed by atoms with Gasteiger partial charge in [-0.05, 0) is 65.7 Å². The van der Waals surface area contributed by atoms with Crippen molar-refractivity contribution < 1.29 is 27.5 Å². The van der Waals surface area contributed by atoms with Crippen molar-refractivity contribution in [2.24, 2.45) is 5.18 Å². The van der Waals surface area contributed by atoms with Gasteiger partial charge in [0, 0.05) is 30.6 Å². The van der Waals surface area contributed by atoms with Gasteiger partial charge in [-0.15, -0.1) is 4.91 Å². The molecule has 10 heteroatoms. The topological polar surface area (TPSA) is 88.1 Å². The number of nitrogens with one attached hydrogen (secondary N) is 1. The predicted molar refractivity (Wildman–Crippen MR) is 126 cm³/mol. The molecule has 0 aliphatic carbocycles. The summed E-state index contributed by atoms with van der Waals surface area (Å²) in [6, 6.07) is 18.6. The summed E-state index contributed by atoms with van der Waals surface area (Å²) in [5.74, 6) is -0.454. The lowest BCUT2D eigenvalue weighted by molar-refractivity contribution is -0.137. The van der Waals surface area contributed by atoms with Crippen LogP contribution in [0.2, 0.25) is 0 Å². The lowest BCUT2D eigenvalue weighted by atomic mass is 9.87. The number of nitroso groups, excluding NO2 is 1. The minimum atomic E-state index is -4.46. The fraction of sp³-hybridized carbons (Fsp3) is 0.231. The normalized spacial score (nSPS) is 17.8. The highest BCUT2D eigenvalue weighted by Crippen LogP contribution is 2.33. The van der Waals surface area contributed by atoms with E-state index in [1.165, 1.54) is 41.3 Å². The summed E-state index contributed by atoms with van der Waals surface area (Å²) < 4.78 is 44.5. The van der Waals surface area contributed by atoms with Gasteiger partial charge in [-0.1, -0.05) is 30.3 Å². The molecule has 4 rings (SSSR count). The second-order valence-corrected chi connectivity index (χ2v) is 8.45. The zero-order valence-corrected chi connectivity index (χ0v) is 18.9. The molecule has 0 spiro atoms. The number of ether oxygens (including phenoxy) is 1. The molecule has 1 aliphatic rings. The van der Waals surface area contributed by atoms with E-state index in [0.29, 0.717) is 17.5 Å². The highest BCUT2D eigenvalue weighted by Gasteiger charge is 2.34. The monoisotopic (exact) mass is 497 g/mol. The van der Waals surface area contributed by atoms with Crippen molar-refractivity contribution >= 4 is 17.7 Å². The van der Waals surface area contributed by atoms with Gasteiger partial charge >= 0.3 is 12.3 Å². The molecule has 186 valence electrons. The Morgan fingerprint density at radius 3 is 2.19 bits per heavy atom.